The highest BCUT2D eigenvalue weighted by Crippen LogP contribution is 2.43. The molecule has 0 heterocycles. The topological polar surface area (TPSA) is 55.6 Å². The minimum absolute atomic E-state index is 0.0380. The van der Waals surface area contributed by atoms with Crippen LogP contribution in [0.4, 0.5) is 30.7 Å². The van der Waals surface area contributed by atoms with Crippen LogP contribution in [0.15, 0.2) is 42.5 Å². The molecule has 198 valence electrons. The molecule has 2 aromatic carbocycles. The molecular formula is C25H27F7N2O2. The van der Waals surface area contributed by atoms with Crippen molar-refractivity contribution in [1.29, 1.82) is 0 Å². The largest absolute Gasteiger partial charge is 0.416 e. The van der Waals surface area contributed by atoms with Crippen LogP contribution in [0, 0.1) is 5.82 Å². The van der Waals surface area contributed by atoms with Gasteiger partial charge in [0.1, 0.15) is 5.82 Å². The van der Waals surface area contributed by atoms with Gasteiger partial charge in [0, 0.05) is 12.0 Å². The Kier molecular flexibility index (Phi) is 8.34. The number of benzene rings is 2. The second-order valence-corrected chi connectivity index (χ2v) is 8.91. The van der Waals surface area contributed by atoms with E-state index >= 15 is 0 Å². The maximum absolute atomic E-state index is 13.6. The normalized spacial score (nSPS) is 21.7. The number of primary amides is 1. The summed E-state index contributed by atoms with van der Waals surface area (Å²) >= 11 is 0. The van der Waals surface area contributed by atoms with Gasteiger partial charge in [-0.05, 0) is 67.8 Å². The first kappa shape index (κ1) is 27.9. The van der Waals surface area contributed by atoms with Gasteiger partial charge in [-0.3, -0.25) is 9.69 Å². The third-order valence-electron chi connectivity index (χ3n) is 6.51. The van der Waals surface area contributed by atoms with Crippen LogP contribution in [0.2, 0.25) is 0 Å². The zero-order valence-corrected chi connectivity index (χ0v) is 19.7. The Morgan fingerprint density at radius 3 is 2.06 bits per heavy atom. The van der Waals surface area contributed by atoms with E-state index in [1.807, 2.05) is 11.8 Å². The molecule has 0 aromatic heterocycles. The van der Waals surface area contributed by atoms with Gasteiger partial charge in [0.05, 0.1) is 29.9 Å². The Labute approximate surface area is 204 Å². The lowest BCUT2D eigenvalue weighted by molar-refractivity contribution is -0.143. The highest BCUT2D eigenvalue weighted by atomic mass is 19.4. The van der Waals surface area contributed by atoms with Crippen molar-refractivity contribution >= 4 is 5.91 Å². The van der Waals surface area contributed by atoms with E-state index in [-0.39, 0.29) is 24.2 Å². The Balaban J connectivity index is 1.96. The Bertz CT molecular complexity index is 1020. The summed E-state index contributed by atoms with van der Waals surface area (Å²) in [5.41, 5.74) is 2.97. The van der Waals surface area contributed by atoms with Gasteiger partial charge in [-0.15, -0.1) is 0 Å². The maximum Gasteiger partial charge on any atom is 0.416 e. The average Bonchev–Trinajstić information content (AvgIpc) is 3.19. The van der Waals surface area contributed by atoms with E-state index in [0.29, 0.717) is 37.1 Å². The quantitative estimate of drug-likeness (QED) is 0.431. The summed E-state index contributed by atoms with van der Waals surface area (Å²) in [6, 6.07) is 6.78. The number of nitrogens with two attached hydrogens (primary N) is 1. The molecule has 2 N–H and O–H groups in total. The molecule has 0 radical (unpaired) electrons. The van der Waals surface area contributed by atoms with E-state index in [4.69, 9.17) is 10.5 Å². The fourth-order valence-electron chi connectivity index (χ4n) is 4.84. The number of hydrogen-bond acceptors (Lipinski definition) is 3. The minimum atomic E-state index is -4.97. The molecule has 3 unspecified atom stereocenters. The van der Waals surface area contributed by atoms with Gasteiger partial charge in [-0.25, -0.2) is 4.39 Å². The number of carbonyl (C=O) groups excluding carboxylic acids is 1. The first-order valence-corrected chi connectivity index (χ1v) is 11.4. The van der Waals surface area contributed by atoms with Crippen LogP contribution in [-0.4, -0.2) is 36.0 Å². The molecule has 11 heteroatoms. The summed E-state index contributed by atoms with van der Waals surface area (Å²) in [6.07, 6.45) is -10.7. The summed E-state index contributed by atoms with van der Waals surface area (Å²) in [5, 5.41) is 0. The zero-order valence-electron chi connectivity index (χ0n) is 19.7. The van der Waals surface area contributed by atoms with E-state index in [1.165, 1.54) is 19.1 Å². The van der Waals surface area contributed by atoms with Gasteiger partial charge >= 0.3 is 12.4 Å². The van der Waals surface area contributed by atoms with Crippen LogP contribution in [0.5, 0.6) is 0 Å². The third-order valence-corrected chi connectivity index (χ3v) is 6.51. The molecule has 36 heavy (non-hydrogen) atoms. The molecule has 1 aliphatic rings. The van der Waals surface area contributed by atoms with Gasteiger partial charge in [0.15, 0.2) is 0 Å². The van der Waals surface area contributed by atoms with Gasteiger partial charge in [0.25, 0.3) is 0 Å². The fourth-order valence-corrected chi connectivity index (χ4v) is 4.84. The van der Waals surface area contributed by atoms with Crippen molar-refractivity contribution in [3.63, 3.8) is 0 Å². The number of carbonyl (C=O) groups is 1. The third kappa shape index (κ3) is 6.56. The lowest BCUT2D eigenvalue weighted by atomic mass is 9.91. The summed E-state index contributed by atoms with van der Waals surface area (Å²) in [4.78, 5) is 13.4. The van der Waals surface area contributed by atoms with Crippen LogP contribution in [0.3, 0.4) is 0 Å². The number of hydrogen-bond donors (Lipinski definition) is 1. The molecule has 4 nitrogen and oxygen atoms in total. The molecule has 1 fully saturated rings. The zero-order chi connectivity index (χ0) is 26.8. The molecular weight excluding hydrogens is 493 g/mol. The Morgan fingerprint density at radius 1 is 1.03 bits per heavy atom. The number of alkyl halides is 6. The van der Waals surface area contributed by atoms with E-state index in [9.17, 15) is 35.5 Å². The molecule has 4 atom stereocenters. The standard InChI is InChI=1S/C25H27F7N2O2/c1-3-34(13-22(33)35)20-8-9-21(23(20)15-4-6-19(26)7-5-15)36-14(2)16-10-17(24(27,28)29)12-18(11-16)25(30,31)32/h4-7,10-12,14,20-21,23H,3,8-9,13H2,1-2H3,(H2,33,35)/t14-,20?,21?,23?/m0/s1. The van der Waals surface area contributed by atoms with Crippen LogP contribution in [-0.2, 0) is 21.9 Å². The van der Waals surface area contributed by atoms with Gasteiger partial charge in [-0.2, -0.15) is 26.3 Å². The average molecular weight is 520 g/mol. The first-order chi connectivity index (χ1) is 16.7. The molecule has 0 saturated heterocycles. The molecule has 1 aliphatic carbocycles. The summed E-state index contributed by atoms with van der Waals surface area (Å²) in [6.45, 7) is 3.66. The number of rotatable bonds is 8. The highest BCUT2D eigenvalue weighted by Gasteiger charge is 2.42. The molecule has 1 saturated carbocycles. The van der Waals surface area contributed by atoms with Crippen LogP contribution in [0.25, 0.3) is 0 Å². The van der Waals surface area contributed by atoms with E-state index in [2.05, 4.69) is 0 Å². The smallest absolute Gasteiger partial charge is 0.370 e. The lowest BCUT2D eigenvalue weighted by Gasteiger charge is -2.34. The van der Waals surface area contributed by atoms with Crippen LogP contribution < -0.4 is 5.73 Å². The number of halogens is 7. The molecule has 2 aromatic rings. The van der Waals surface area contributed by atoms with E-state index in [1.54, 1.807) is 12.1 Å². The Morgan fingerprint density at radius 2 is 1.58 bits per heavy atom. The number of ether oxygens (including phenoxy) is 1. The van der Waals surface area contributed by atoms with Gasteiger partial charge in [-0.1, -0.05) is 19.1 Å². The summed E-state index contributed by atoms with van der Waals surface area (Å²) < 4.78 is 99.6. The minimum Gasteiger partial charge on any atom is -0.370 e. The van der Waals surface area contributed by atoms with Crippen molar-refractivity contribution in [2.75, 3.05) is 13.1 Å². The summed E-state index contributed by atoms with van der Waals surface area (Å²) in [5.74, 6) is -1.43. The second kappa shape index (κ2) is 10.8. The predicted molar refractivity (Wildman–Crippen MR) is 118 cm³/mol. The molecule has 0 aliphatic heterocycles. The van der Waals surface area contributed by atoms with Crippen molar-refractivity contribution in [3.05, 3.63) is 70.5 Å². The van der Waals surface area contributed by atoms with Gasteiger partial charge in [0.2, 0.25) is 5.91 Å². The molecule has 0 spiro atoms. The van der Waals surface area contributed by atoms with E-state index < -0.39 is 53.3 Å². The SMILES string of the molecule is CCN(CC(N)=O)C1CCC(O[C@@H](C)c2cc(C(F)(F)F)cc(C(F)(F)F)c2)C1c1ccc(F)cc1. The van der Waals surface area contributed by atoms with Crippen molar-refractivity contribution in [3.8, 4) is 0 Å². The van der Waals surface area contributed by atoms with Crippen molar-refractivity contribution in [2.45, 2.75) is 63.2 Å². The van der Waals surface area contributed by atoms with Crippen LogP contribution >= 0.6 is 0 Å². The highest BCUT2D eigenvalue weighted by molar-refractivity contribution is 5.76. The molecule has 1 amide bonds. The number of likely N-dealkylation sites (N-methyl/N-ethyl adjacent to an activating group) is 1. The fraction of sp³-hybridized carbons (Fsp3) is 0.480. The monoisotopic (exact) mass is 520 g/mol. The Hall–Kier alpha value is -2.66. The molecule has 0 bridgehead atoms. The first-order valence-electron chi connectivity index (χ1n) is 11.4. The van der Waals surface area contributed by atoms with Crippen molar-refractivity contribution in [1.82, 2.24) is 4.90 Å². The summed E-state index contributed by atoms with van der Waals surface area (Å²) in [7, 11) is 0. The van der Waals surface area contributed by atoms with Crippen molar-refractivity contribution in [2.24, 2.45) is 5.73 Å². The molecule has 3 rings (SSSR count). The second-order valence-electron chi connectivity index (χ2n) is 8.91. The number of amides is 1. The predicted octanol–water partition coefficient (Wildman–Crippen LogP) is 6.06. The maximum atomic E-state index is 13.6. The van der Waals surface area contributed by atoms with E-state index in [0.717, 1.165) is 0 Å². The van der Waals surface area contributed by atoms with Crippen molar-refractivity contribution < 1.29 is 40.3 Å². The number of nitrogens with zero attached hydrogens (tertiary/aromatic N) is 1. The lowest BCUT2D eigenvalue weighted by Crippen LogP contribution is -2.43. The van der Waals surface area contributed by atoms with Crippen LogP contribution in [0.1, 0.15) is 61.0 Å². The van der Waals surface area contributed by atoms with Gasteiger partial charge < -0.3 is 10.5 Å².